The predicted molar refractivity (Wildman–Crippen MR) is 77.2 cm³/mol. The maximum absolute atomic E-state index is 12.6. The van der Waals surface area contributed by atoms with Crippen LogP contribution in [0.4, 0.5) is 0 Å². The third-order valence-corrected chi connectivity index (χ3v) is 4.92. The van der Waals surface area contributed by atoms with Gasteiger partial charge in [-0.25, -0.2) is 0 Å². The molecule has 3 saturated heterocycles. The summed E-state index contributed by atoms with van der Waals surface area (Å²) in [6.45, 7) is 2.71. The van der Waals surface area contributed by atoms with Crippen molar-refractivity contribution in [2.75, 3.05) is 26.2 Å². The number of furan rings is 1. The summed E-state index contributed by atoms with van der Waals surface area (Å²) in [6.07, 6.45) is 4.01. The summed E-state index contributed by atoms with van der Waals surface area (Å²) in [7, 11) is 0. The van der Waals surface area contributed by atoms with Crippen LogP contribution in [0, 0.1) is 5.92 Å². The molecule has 0 spiro atoms. The molecule has 4 heterocycles. The van der Waals surface area contributed by atoms with Crippen molar-refractivity contribution in [1.82, 2.24) is 9.80 Å². The van der Waals surface area contributed by atoms with E-state index in [1.165, 1.54) is 6.26 Å². The molecule has 6 nitrogen and oxygen atoms in total. The van der Waals surface area contributed by atoms with Gasteiger partial charge in [-0.3, -0.25) is 9.59 Å². The monoisotopic (exact) mass is 304 g/mol. The molecule has 6 heteroatoms. The SMILES string of the molecule is O=C(c1ccco1)N1C[C@H]2C[C@@H](C1)N(C(=O)[C@H]1CCCO1)C2. The van der Waals surface area contributed by atoms with Gasteiger partial charge in [0.25, 0.3) is 11.8 Å². The lowest BCUT2D eigenvalue weighted by atomic mass is 10.00. The summed E-state index contributed by atoms with van der Waals surface area (Å²) < 4.78 is 10.7. The minimum atomic E-state index is -0.270. The topological polar surface area (TPSA) is 63.0 Å². The van der Waals surface area contributed by atoms with Crippen LogP contribution in [0.5, 0.6) is 0 Å². The summed E-state index contributed by atoms with van der Waals surface area (Å²) in [6, 6.07) is 3.53. The van der Waals surface area contributed by atoms with Crippen LogP contribution < -0.4 is 0 Å². The van der Waals surface area contributed by atoms with Gasteiger partial charge in [0.15, 0.2) is 5.76 Å². The molecule has 1 aromatic heterocycles. The van der Waals surface area contributed by atoms with E-state index in [0.717, 1.165) is 25.8 Å². The molecule has 3 atom stereocenters. The van der Waals surface area contributed by atoms with Gasteiger partial charge in [0.2, 0.25) is 0 Å². The minimum absolute atomic E-state index is 0.0777. The predicted octanol–water partition coefficient (Wildman–Crippen LogP) is 1.13. The third-order valence-electron chi connectivity index (χ3n) is 4.92. The Morgan fingerprint density at radius 3 is 2.86 bits per heavy atom. The number of rotatable bonds is 2. The van der Waals surface area contributed by atoms with Crippen LogP contribution in [0.2, 0.25) is 0 Å². The Bertz CT molecular complexity index is 565. The van der Waals surface area contributed by atoms with Gasteiger partial charge < -0.3 is 19.0 Å². The second kappa shape index (κ2) is 5.43. The van der Waals surface area contributed by atoms with E-state index in [2.05, 4.69) is 0 Å². The van der Waals surface area contributed by atoms with E-state index in [9.17, 15) is 9.59 Å². The molecular weight excluding hydrogens is 284 g/mol. The zero-order chi connectivity index (χ0) is 15.1. The van der Waals surface area contributed by atoms with Gasteiger partial charge in [-0.2, -0.15) is 0 Å². The molecule has 3 aliphatic rings. The molecule has 0 N–H and O–H groups in total. The van der Waals surface area contributed by atoms with Crippen LogP contribution in [0.1, 0.15) is 29.8 Å². The Kier molecular flexibility index (Phi) is 3.41. The van der Waals surface area contributed by atoms with E-state index in [1.807, 2.05) is 9.80 Å². The first-order chi connectivity index (χ1) is 10.7. The molecule has 3 aliphatic heterocycles. The molecule has 0 aliphatic carbocycles. The normalized spacial score (nSPS) is 30.8. The first-order valence-electron chi connectivity index (χ1n) is 7.97. The highest BCUT2D eigenvalue weighted by Crippen LogP contribution is 2.32. The highest BCUT2D eigenvalue weighted by molar-refractivity contribution is 5.91. The fraction of sp³-hybridized carbons (Fsp3) is 0.625. The minimum Gasteiger partial charge on any atom is -0.459 e. The Labute approximate surface area is 129 Å². The number of fused-ring (bicyclic) bond motifs is 2. The summed E-state index contributed by atoms with van der Waals surface area (Å²) in [5.41, 5.74) is 0. The van der Waals surface area contributed by atoms with Crippen LogP contribution in [0.3, 0.4) is 0 Å². The number of ether oxygens (including phenoxy) is 1. The van der Waals surface area contributed by atoms with Gasteiger partial charge in [-0.1, -0.05) is 0 Å². The van der Waals surface area contributed by atoms with Gasteiger partial charge in [0.05, 0.1) is 6.26 Å². The van der Waals surface area contributed by atoms with Crippen molar-refractivity contribution >= 4 is 11.8 Å². The lowest BCUT2D eigenvalue weighted by Crippen LogP contribution is -2.48. The number of likely N-dealkylation sites (tertiary alicyclic amines) is 2. The number of carbonyl (C=O) groups excluding carboxylic acids is 2. The standard InChI is InChI=1S/C16H20N2O4/c19-15(13-3-1-5-21-13)17-8-11-7-12(10-17)18(9-11)16(20)14-4-2-6-22-14/h1,3,5,11-12,14H,2,4,6-10H2/t11-,12+,14-/m1/s1. The van der Waals surface area contributed by atoms with E-state index in [-0.39, 0.29) is 24.0 Å². The molecule has 22 heavy (non-hydrogen) atoms. The van der Waals surface area contributed by atoms with Gasteiger partial charge in [-0.15, -0.1) is 0 Å². The van der Waals surface area contributed by atoms with Crippen molar-refractivity contribution in [3.05, 3.63) is 24.2 Å². The average molecular weight is 304 g/mol. The lowest BCUT2D eigenvalue weighted by molar-refractivity contribution is -0.141. The number of amides is 2. The molecule has 3 fully saturated rings. The molecule has 2 bridgehead atoms. The van der Waals surface area contributed by atoms with Gasteiger partial charge in [0.1, 0.15) is 6.10 Å². The molecule has 118 valence electrons. The van der Waals surface area contributed by atoms with Crippen molar-refractivity contribution in [2.45, 2.75) is 31.4 Å². The fourth-order valence-electron chi connectivity index (χ4n) is 3.91. The zero-order valence-corrected chi connectivity index (χ0v) is 12.4. The third kappa shape index (κ3) is 2.31. The van der Waals surface area contributed by atoms with Crippen LogP contribution >= 0.6 is 0 Å². The molecule has 0 saturated carbocycles. The second-order valence-electron chi connectivity index (χ2n) is 6.44. The Morgan fingerprint density at radius 2 is 2.14 bits per heavy atom. The van der Waals surface area contributed by atoms with Crippen LogP contribution in [-0.2, 0) is 9.53 Å². The summed E-state index contributed by atoms with van der Waals surface area (Å²) in [5, 5.41) is 0. The van der Waals surface area contributed by atoms with Crippen molar-refractivity contribution in [2.24, 2.45) is 5.92 Å². The number of hydrogen-bond donors (Lipinski definition) is 0. The van der Waals surface area contributed by atoms with E-state index in [0.29, 0.717) is 31.4 Å². The van der Waals surface area contributed by atoms with Crippen molar-refractivity contribution in [3.8, 4) is 0 Å². The molecule has 4 rings (SSSR count). The number of piperidine rings is 1. The zero-order valence-electron chi connectivity index (χ0n) is 12.4. The van der Waals surface area contributed by atoms with Crippen LogP contribution in [-0.4, -0.2) is 60.0 Å². The van der Waals surface area contributed by atoms with Gasteiger partial charge >= 0.3 is 0 Å². The maximum Gasteiger partial charge on any atom is 0.289 e. The van der Waals surface area contributed by atoms with Crippen molar-refractivity contribution in [3.63, 3.8) is 0 Å². The van der Waals surface area contributed by atoms with Gasteiger partial charge in [-0.05, 0) is 37.3 Å². The number of carbonyl (C=O) groups is 2. The molecule has 0 unspecified atom stereocenters. The van der Waals surface area contributed by atoms with Crippen LogP contribution in [0.25, 0.3) is 0 Å². The molecule has 2 amide bonds. The summed E-state index contributed by atoms with van der Waals surface area (Å²) >= 11 is 0. The smallest absolute Gasteiger partial charge is 0.289 e. The number of hydrogen-bond acceptors (Lipinski definition) is 4. The highest BCUT2D eigenvalue weighted by atomic mass is 16.5. The average Bonchev–Trinajstić information content (AvgIpc) is 3.27. The maximum atomic E-state index is 12.6. The lowest BCUT2D eigenvalue weighted by Gasteiger charge is -2.32. The molecule has 0 aromatic carbocycles. The molecule has 0 radical (unpaired) electrons. The Morgan fingerprint density at radius 1 is 1.23 bits per heavy atom. The van der Waals surface area contributed by atoms with E-state index in [1.54, 1.807) is 12.1 Å². The quantitative estimate of drug-likeness (QED) is 0.822. The Balaban J connectivity index is 1.46. The summed E-state index contributed by atoms with van der Waals surface area (Å²) in [5.74, 6) is 0.768. The first kappa shape index (κ1) is 13.8. The van der Waals surface area contributed by atoms with Crippen molar-refractivity contribution in [1.29, 1.82) is 0 Å². The number of nitrogens with zero attached hydrogens (tertiary/aromatic N) is 2. The van der Waals surface area contributed by atoms with E-state index < -0.39 is 0 Å². The van der Waals surface area contributed by atoms with Crippen molar-refractivity contribution < 1.29 is 18.7 Å². The highest BCUT2D eigenvalue weighted by Gasteiger charge is 2.44. The van der Waals surface area contributed by atoms with Gasteiger partial charge in [0, 0.05) is 32.3 Å². The van der Waals surface area contributed by atoms with E-state index in [4.69, 9.17) is 9.15 Å². The molecule has 1 aromatic rings. The molecular formula is C16H20N2O4. The second-order valence-corrected chi connectivity index (χ2v) is 6.44. The van der Waals surface area contributed by atoms with E-state index >= 15 is 0 Å². The fourth-order valence-corrected chi connectivity index (χ4v) is 3.91. The van der Waals surface area contributed by atoms with Crippen LogP contribution in [0.15, 0.2) is 22.8 Å². The Hall–Kier alpha value is -1.82. The summed E-state index contributed by atoms with van der Waals surface area (Å²) in [4.78, 5) is 28.8. The largest absolute Gasteiger partial charge is 0.459 e. The first-order valence-corrected chi connectivity index (χ1v) is 7.97.